The van der Waals surface area contributed by atoms with Gasteiger partial charge < -0.3 is 15.1 Å². The van der Waals surface area contributed by atoms with Gasteiger partial charge in [-0.1, -0.05) is 0 Å². The normalized spacial score (nSPS) is 10.5. The Morgan fingerprint density at radius 2 is 1.61 bits per heavy atom. The summed E-state index contributed by atoms with van der Waals surface area (Å²) in [6.07, 6.45) is 0. The molecule has 2 aromatic rings. The fraction of sp³-hybridized carbons (Fsp3) is 0.333. The highest BCUT2D eigenvalue weighted by atomic mass is 19.2. The second kappa shape index (κ2) is 9.30. The van der Waals surface area contributed by atoms with Crippen molar-refractivity contribution in [2.75, 3.05) is 34.8 Å². The summed E-state index contributed by atoms with van der Waals surface area (Å²) in [5.74, 6) is -2.97. The molecule has 0 aliphatic carbocycles. The zero-order valence-corrected chi connectivity index (χ0v) is 16.6. The summed E-state index contributed by atoms with van der Waals surface area (Å²) in [5.41, 5.74) is 2.71. The lowest BCUT2D eigenvalue weighted by Gasteiger charge is -2.23. The van der Waals surface area contributed by atoms with Crippen LogP contribution in [0.1, 0.15) is 26.3 Å². The van der Waals surface area contributed by atoms with E-state index in [0.29, 0.717) is 5.69 Å². The summed E-state index contributed by atoms with van der Waals surface area (Å²) in [5, 5.41) is 2.77. The van der Waals surface area contributed by atoms with Gasteiger partial charge in [-0.2, -0.15) is 0 Å². The van der Waals surface area contributed by atoms with Crippen LogP contribution < -0.4 is 15.1 Å². The molecule has 0 spiro atoms. The number of nitrogens with zero attached hydrogens (tertiary/aromatic N) is 2. The highest BCUT2D eigenvalue weighted by Crippen LogP contribution is 2.23. The molecule has 2 aromatic carbocycles. The molecule has 0 saturated carbocycles. The van der Waals surface area contributed by atoms with Crippen molar-refractivity contribution in [2.45, 2.75) is 27.7 Å². The van der Waals surface area contributed by atoms with Gasteiger partial charge in [0.05, 0.1) is 0 Å². The van der Waals surface area contributed by atoms with Crippen molar-refractivity contribution in [3.63, 3.8) is 0 Å². The van der Waals surface area contributed by atoms with Crippen LogP contribution in [-0.4, -0.2) is 31.4 Å². The molecule has 0 aliphatic rings. The van der Waals surface area contributed by atoms with Crippen molar-refractivity contribution in [3.8, 4) is 0 Å². The van der Waals surface area contributed by atoms with Crippen molar-refractivity contribution >= 4 is 28.9 Å². The van der Waals surface area contributed by atoms with E-state index in [9.17, 15) is 18.4 Å². The third-order valence-corrected chi connectivity index (χ3v) is 4.51. The van der Waals surface area contributed by atoms with Gasteiger partial charge in [-0.3, -0.25) is 9.59 Å². The minimum atomic E-state index is -1.08. The Balaban J connectivity index is 2.15. The Labute approximate surface area is 163 Å². The number of carbonyl (C=O) groups is 2. The molecule has 0 radical (unpaired) electrons. The molecule has 0 atom stereocenters. The zero-order chi connectivity index (χ0) is 20.8. The average molecular weight is 389 g/mol. The van der Waals surface area contributed by atoms with Crippen molar-refractivity contribution in [2.24, 2.45) is 0 Å². The first kappa shape index (κ1) is 21.3. The maximum atomic E-state index is 13.5. The Bertz CT molecular complexity index is 867. The zero-order valence-electron chi connectivity index (χ0n) is 16.6. The molecule has 0 saturated heterocycles. The number of nitrogens with one attached hydrogen (secondary N) is 1. The van der Waals surface area contributed by atoms with Gasteiger partial charge in [0.25, 0.3) is 0 Å². The van der Waals surface area contributed by atoms with E-state index in [0.717, 1.165) is 41.4 Å². The van der Waals surface area contributed by atoms with Gasteiger partial charge in [0, 0.05) is 43.1 Å². The number of hydrogen-bond donors (Lipinski definition) is 1. The Hall–Kier alpha value is -2.96. The molecular formula is C21H25F2N3O2. The minimum absolute atomic E-state index is 0.121. The van der Waals surface area contributed by atoms with E-state index >= 15 is 0 Å². The monoisotopic (exact) mass is 389 g/mol. The molecule has 28 heavy (non-hydrogen) atoms. The number of halogens is 2. The quantitative estimate of drug-likeness (QED) is 0.775. The van der Waals surface area contributed by atoms with Crippen molar-refractivity contribution in [3.05, 3.63) is 53.6 Å². The Kier molecular flexibility index (Phi) is 7.09. The number of carbonyl (C=O) groups excluding carboxylic acids is 2. The van der Waals surface area contributed by atoms with Crippen LogP contribution in [0.4, 0.5) is 25.8 Å². The second-order valence-electron chi connectivity index (χ2n) is 6.42. The smallest absolute Gasteiger partial charge is 0.244 e. The molecule has 150 valence electrons. The summed E-state index contributed by atoms with van der Waals surface area (Å²) in [7, 11) is 0. The third-order valence-electron chi connectivity index (χ3n) is 4.51. The number of hydrogen-bond acceptors (Lipinski definition) is 3. The van der Waals surface area contributed by atoms with Gasteiger partial charge in [-0.05, 0) is 56.7 Å². The summed E-state index contributed by atoms with van der Waals surface area (Å²) >= 11 is 0. The summed E-state index contributed by atoms with van der Waals surface area (Å²) in [6.45, 7) is 8.75. The van der Waals surface area contributed by atoms with Crippen molar-refractivity contribution < 1.29 is 18.4 Å². The SMILES string of the molecule is CCN(CC)c1ccc(NC(=O)CN(C(C)=O)c2ccc(F)c(F)c2)c(C)c1. The molecule has 2 amide bonds. The topological polar surface area (TPSA) is 52.7 Å². The number of amides is 2. The highest BCUT2D eigenvalue weighted by molar-refractivity contribution is 6.02. The van der Waals surface area contributed by atoms with Gasteiger partial charge in [0.15, 0.2) is 11.6 Å². The Morgan fingerprint density at radius 1 is 0.964 bits per heavy atom. The van der Waals surface area contributed by atoms with Gasteiger partial charge in [0.2, 0.25) is 11.8 Å². The lowest BCUT2D eigenvalue weighted by molar-refractivity contribution is -0.120. The molecule has 0 bridgehead atoms. The maximum Gasteiger partial charge on any atom is 0.244 e. The molecule has 7 heteroatoms. The third kappa shape index (κ3) is 5.06. The predicted octanol–water partition coefficient (Wildman–Crippen LogP) is 4.11. The summed E-state index contributed by atoms with van der Waals surface area (Å²) < 4.78 is 26.6. The number of anilines is 3. The summed E-state index contributed by atoms with van der Waals surface area (Å²) in [4.78, 5) is 27.6. The van der Waals surface area contributed by atoms with Gasteiger partial charge in [-0.25, -0.2) is 8.78 Å². The predicted molar refractivity (Wildman–Crippen MR) is 108 cm³/mol. The van der Waals surface area contributed by atoms with Crippen molar-refractivity contribution in [1.82, 2.24) is 0 Å². The molecule has 0 unspecified atom stereocenters. The van der Waals surface area contributed by atoms with E-state index in [4.69, 9.17) is 0 Å². The van der Waals surface area contributed by atoms with Gasteiger partial charge >= 0.3 is 0 Å². The van der Waals surface area contributed by atoms with E-state index in [2.05, 4.69) is 24.1 Å². The van der Waals surface area contributed by atoms with Crippen molar-refractivity contribution in [1.29, 1.82) is 0 Å². The lowest BCUT2D eigenvalue weighted by Crippen LogP contribution is -2.36. The van der Waals surface area contributed by atoms with Crippen LogP contribution >= 0.6 is 0 Å². The average Bonchev–Trinajstić information content (AvgIpc) is 2.65. The molecule has 0 aromatic heterocycles. The first-order valence-electron chi connectivity index (χ1n) is 9.15. The molecule has 5 nitrogen and oxygen atoms in total. The standard InChI is InChI=1S/C21H25F2N3O2/c1-5-25(6-2)16-8-10-20(14(3)11-16)24-21(28)13-26(15(4)27)17-7-9-18(22)19(23)12-17/h7-12H,5-6,13H2,1-4H3,(H,24,28). The van der Waals surface area contributed by atoms with Crippen LogP contribution in [0.5, 0.6) is 0 Å². The fourth-order valence-corrected chi connectivity index (χ4v) is 2.94. The van der Waals surface area contributed by atoms with Crippen LogP contribution in [0.25, 0.3) is 0 Å². The molecule has 0 fully saturated rings. The van der Waals surface area contributed by atoms with Crippen LogP contribution in [-0.2, 0) is 9.59 Å². The van der Waals surface area contributed by atoms with Crippen LogP contribution in [0, 0.1) is 18.6 Å². The second-order valence-corrected chi connectivity index (χ2v) is 6.42. The molecule has 1 N–H and O–H groups in total. The van der Waals surface area contributed by atoms with E-state index in [-0.39, 0.29) is 12.2 Å². The van der Waals surface area contributed by atoms with Crippen LogP contribution in [0.3, 0.4) is 0 Å². The number of benzene rings is 2. The van der Waals surface area contributed by atoms with Crippen LogP contribution in [0.15, 0.2) is 36.4 Å². The van der Waals surface area contributed by atoms with E-state index in [1.54, 1.807) is 0 Å². The fourth-order valence-electron chi connectivity index (χ4n) is 2.94. The lowest BCUT2D eigenvalue weighted by atomic mass is 10.1. The molecule has 0 aliphatic heterocycles. The number of rotatable bonds is 7. The minimum Gasteiger partial charge on any atom is -0.372 e. The number of aryl methyl sites for hydroxylation is 1. The summed E-state index contributed by atoms with van der Waals surface area (Å²) in [6, 6.07) is 8.81. The van der Waals surface area contributed by atoms with Gasteiger partial charge in [-0.15, -0.1) is 0 Å². The van der Waals surface area contributed by atoms with E-state index in [1.165, 1.54) is 13.0 Å². The van der Waals surface area contributed by atoms with Gasteiger partial charge in [0.1, 0.15) is 6.54 Å². The largest absolute Gasteiger partial charge is 0.372 e. The molecule has 2 rings (SSSR count). The molecular weight excluding hydrogens is 364 g/mol. The van der Waals surface area contributed by atoms with E-state index < -0.39 is 23.4 Å². The first-order chi connectivity index (χ1) is 13.3. The Morgan fingerprint density at radius 3 is 2.14 bits per heavy atom. The van der Waals surface area contributed by atoms with E-state index in [1.807, 2.05) is 25.1 Å². The highest BCUT2D eigenvalue weighted by Gasteiger charge is 2.18. The molecule has 0 heterocycles. The van der Waals surface area contributed by atoms with Crippen LogP contribution in [0.2, 0.25) is 0 Å². The maximum absolute atomic E-state index is 13.5. The first-order valence-corrected chi connectivity index (χ1v) is 9.15.